The third-order valence-corrected chi connectivity index (χ3v) is 30.5. The highest BCUT2D eigenvalue weighted by Crippen LogP contribution is 2.52. The number of sulfonamides is 2. The Hall–Kier alpha value is -5.81. The van der Waals surface area contributed by atoms with Crippen LogP contribution in [0.1, 0.15) is 135 Å². The fourth-order valence-corrected chi connectivity index (χ4v) is 22.1. The zero-order valence-corrected chi connectivity index (χ0v) is 66.0. The summed E-state index contributed by atoms with van der Waals surface area (Å²) in [6.07, 6.45) is 19.4. The molecule has 10 heterocycles. The van der Waals surface area contributed by atoms with Crippen molar-refractivity contribution < 1.29 is 59.6 Å². The molecule has 2 aromatic heterocycles. The SMILES string of the molecule is C1CN2CCOC[C@@H]2CN1.CO[C@@]1(C=O)/C=C/C[C@H](C)[C@@H](C)S(=O)(=O)NC(=O)c2ccc3c(n2)N(C[C@@H]2CC[C@H]21)C[C@@]1(CCCc2cc(Cl)ccc21)CO3.CO[C@@]1(CN2CCN3CCOC[C@@H]3C2)/C=C/C[C@H](C)[C@@H](C)S(=O)(=O)NC(=O)c2ccc3c(n2)N(C[C@@H]2CC[C@H]21)C[C@@]1(CCCc2cc(Cl)ccc21)CO3. The number of aryl methyl sites for hydroxylation is 2. The van der Waals surface area contributed by atoms with Crippen molar-refractivity contribution in [1.82, 2.24) is 39.4 Å². The molecule has 14 atom stereocenters. The van der Waals surface area contributed by atoms with Crippen molar-refractivity contribution in [2.24, 2.45) is 35.5 Å². The van der Waals surface area contributed by atoms with Crippen LogP contribution in [0.2, 0.25) is 10.0 Å². The van der Waals surface area contributed by atoms with E-state index in [4.69, 9.17) is 61.6 Å². The van der Waals surface area contributed by atoms with E-state index in [0.717, 1.165) is 154 Å². The highest BCUT2D eigenvalue weighted by Gasteiger charge is 2.53. The zero-order valence-electron chi connectivity index (χ0n) is 62.9. The van der Waals surface area contributed by atoms with Crippen molar-refractivity contribution >= 4 is 73.0 Å². The molecule has 582 valence electrons. The van der Waals surface area contributed by atoms with Crippen molar-refractivity contribution in [3.63, 3.8) is 0 Å². The van der Waals surface area contributed by atoms with Crippen LogP contribution in [0, 0.1) is 35.5 Å². The molecule has 6 fully saturated rings. The normalized spacial score (nSPS) is 34.8. The van der Waals surface area contributed by atoms with Gasteiger partial charge >= 0.3 is 0 Å². The molecule has 4 bridgehead atoms. The summed E-state index contributed by atoms with van der Waals surface area (Å²) in [4.78, 5) is 61.4. The van der Waals surface area contributed by atoms with E-state index < -0.39 is 53.6 Å². The van der Waals surface area contributed by atoms with Gasteiger partial charge in [-0.25, -0.2) is 36.2 Å². The number of allylic oxidation sites excluding steroid dienone is 2. The number of carbonyl (C=O) groups excluding carboxylic acids is 3. The first-order valence-corrected chi connectivity index (χ1v) is 42.8. The number of benzene rings is 2. The number of pyridine rings is 2. The number of amides is 2. The second kappa shape index (κ2) is 32.5. The lowest BCUT2D eigenvalue weighted by Crippen LogP contribution is -2.62. The average Bonchev–Trinajstić information content (AvgIpc) is 1.70. The second-order valence-electron chi connectivity index (χ2n) is 32.5. The Labute approximate surface area is 642 Å². The Morgan fingerprint density at radius 1 is 0.617 bits per heavy atom. The van der Waals surface area contributed by atoms with Crippen molar-refractivity contribution in [2.45, 2.75) is 149 Å². The minimum absolute atomic E-state index is 0.00355. The topological polar surface area (TPSA) is 253 Å². The first kappa shape index (κ1) is 77.9. The first-order chi connectivity index (χ1) is 51.5. The number of hydrogen-bond acceptors (Lipinski definition) is 21. The number of nitrogens with one attached hydrogen (secondary N) is 3. The molecule has 0 unspecified atom stereocenters. The minimum Gasteiger partial charge on any atom is -0.489 e. The van der Waals surface area contributed by atoms with Gasteiger partial charge in [-0.1, -0.05) is 67.4 Å². The molecule has 8 aliphatic heterocycles. The highest BCUT2D eigenvalue weighted by atomic mass is 35.5. The lowest BCUT2D eigenvalue weighted by molar-refractivity contribution is -0.136. The predicted molar refractivity (Wildman–Crippen MR) is 413 cm³/mol. The maximum absolute atomic E-state index is 13.6. The van der Waals surface area contributed by atoms with Crippen molar-refractivity contribution in [2.75, 3.05) is 149 Å². The number of methoxy groups -OCH3 is 2. The Bertz CT molecular complexity index is 4190. The lowest BCUT2D eigenvalue weighted by atomic mass is 9.63. The third-order valence-electron chi connectivity index (χ3n) is 26.2. The molecular formula is C80H108Cl2N10O13S2. The van der Waals surface area contributed by atoms with Crippen LogP contribution in [0.5, 0.6) is 11.5 Å². The summed E-state index contributed by atoms with van der Waals surface area (Å²) in [5, 5.41) is 3.13. The van der Waals surface area contributed by atoms with Gasteiger partial charge in [-0.3, -0.25) is 29.1 Å². The smallest absolute Gasteiger partial charge is 0.283 e. The molecule has 4 aromatic rings. The van der Waals surface area contributed by atoms with Gasteiger partial charge in [-0.2, -0.15) is 0 Å². The summed E-state index contributed by atoms with van der Waals surface area (Å²) >= 11 is 12.9. The molecule has 2 spiro atoms. The van der Waals surface area contributed by atoms with Crippen LogP contribution in [-0.2, 0) is 67.5 Å². The van der Waals surface area contributed by atoms with E-state index in [9.17, 15) is 31.2 Å². The van der Waals surface area contributed by atoms with E-state index in [-0.39, 0.29) is 51.8 Å². The van der Waals surface area contributed by atoms with Crippen molar-refractivity contribution in [1.29, 1.82) is 0 Å². The quantitative estimate of drug-likeness (QED) is 0.125. The number of ether oxygens (including phenoxy) is 6. The van der Waals surface area contributed by atoms with Gasteiger partial charge in [0.1, 0.15) is 22.6 Å². The van der Waals surface area contributed by atoms with Crippen molar-refractivity contribution in [3.05, 3.63) is 129 Å². The Morgan fingerprint density at radius 2 is 1.14 bits per heavy atom. The van der Waals surface area contributed by atoms with E-state index in [1.54, 1.807) is 45.2 Å². The first-order valence-electron chi connectivity index (χ1n) is 38.9. The van der Waals surface area contributed by atoms with E-state index in [0.29, 0.717) is 98.4 Å². The molecule has 107 heavy (non-hydrogen) atoms. The van der Waals surface area contributed by atoms with E-state index in [2.05, 4.69) is 69.6 Å². The number of halogens is 2. The average molecular weight is 1550 g/mol. The number of carbonyl (C=O) groups is 3. The number of aromatic nitrogens is 2. The van der Waals surface area contributed by atoms with Crippen LogP contribution in [0.4, 0.5) is 11.6 Å². The molecule has 27 heteroatoms. The maximum Gasteiger partial charge on any atom is 0.283 e. The monoisotopic (exact) mass is 1550 g/mol. The number of morpholine rings is 2. The van der Waals surface area contributed by atoms with Gasteiger partial charge in [-0.15, -0.1) is 0 Å². The lowest BCUT2D eigenvalue weighted by Gasteiger charge is -2.53. The molecule has 16 rings (SSSR count). The van der Waals surface area contributed by atoms with Gasteiger partial charge in [0, 0.05) is 138 Å². The largest absolute Gasteiger partial charge is 0.489 e. The Morgan fingerprint density at radius 3 is 1.64 bits per heavy atom. The van der Waals surface area contributed by atoms with E-state index in [1.165, 1.54) is 34.9 Å². The zero-order chi connectivity index (χ0) is 75.0. The van der Waals surface area contributed by atoms with Gasteiger partial charge in [0.2, 0.25) is 20.0 Å². The summed E-state index contributed by atoms with van der Waals surface area (Å²) < 4.78 is 95.3. The van der Waals surface area contributed by atoms with Crippen LogP contribution in [0.3, 0.4) is 0 Å². The minimum atomic E-state index is -4.01. The van der Waals surface area contributed by atoms with Crippen LogP contribution in [-0.4, -0.2) is 232 Å². The Balaban J connectivity index is 0.000000160. The number of hydrogen-bond donors (Lipinski definition) is 3. The molecule has 4 aliphatic carbocycles. The van der Waals surface area contributed by atoms with Crippen LogP contribution < -0.4 is 34.0 Å². The molecule has 2 aromatic carbocycles. The van der Waals surface area contributed by atoms with Gasteiger partial charge < -0.3 is 43.5 Å². The summed E-state index contributed by atoms with van der Waals surface area (Å²) in [5.74, 6) is 0.714. The van der Waals surface area contributed by atoms with E-state index >= 15 is 0 Å². The van der Waals surface area contributed by atoms with E-state index in [1.807, 2.05) is 45.2 Å². The fraction of sp³-hybridized carbons (Fsp3) is 0.637. The fourth-order valence-electron chi connectivity index (χ4n) is 19.1. The molecule has 12 aliphatic rings. The van der Waals surface area contributed by atoms with Crippen LogP contribution in [0.25, 0.3) is 0 Å². The van der Waals surface area contributed by atoms with Crippen LogP contribution >= 0.6 is 23.2 Å². The molecule has 3 N–H and O–H groups in total. The second-order valence-corrected chi connectivity index (χ2v) is 37.5. The number of rotatable bonds is 5. The number of piperazine rings is 2. The third kappa shape index (κ3) is 16.2. The van der Waals surface area contributed by atoms with Gasteiger partial charge in [0.05, 0.1) is 50.1 Å². The summed E-state index contributed by atoms with van der Waals surface area (Å²) in [6.45, 7) is 23.0. The molecular weight excluding hydrogens is 1440 g/mol. The molecule has 23 nitrogen and oxygen atoms in total. The predicted octanol–water partition coefficient (Wildman–Crippen LogP) is 8.83. The van der Waals surface area contributed by atoms with Gasteiger partial charge in [0.15, 0.2) is 29.4 Å². The molecule has 4 saturated heterocycles. The highest BCUT2D eigenvalue weighted by molar-refractivity contribution is 7.91. The summed E-state index contributed by atoms with van der Waals surface area (Å²) in [5.41, 5.74) is 2.63. The van der Waals surface area contributed by atoms with Gasteiger partial charge in [0.25, 0.3) is 11.8 Å². The van der Waals surface area contributed by atoms with Crippen LogP contribution in [0.15, 0.2) is 85.0 Å². The molecule has 2 saturated carbocycles. The number of nitrogens with zero attached hydrogens (tertiary/aromatic N) is 7. The number of fused-ring (bicyclic) bond motifs is 10. The number of anilines is 2. The Kier molecular flexibility index (Phi) is 23.7. The summed E-state index contributed by atoms with van der Waals surface area (Å²) in [7, 11) is -4.62. The van der Waals surface area contributed by atoms with Crippen molar-refractivity contribution in [3.8, 4) is 11.5 Å². The number of aldehydes is 1. The summed E-state index contributed by atoms with van der Waals surface area (Å²) in [6, 6.07) is 19.9. The maximum atomic E-state index is 13.6. The molecule has 2 amide bonds. The van der Waals surface area contributed by atoms with Gasteiger partial charge in [-0.05, 0) is 197 Å². The molecule has 0 radical (unpaired) electrons. The standard InChI is InChI=1S/C40H54ClN5O6S.C33H40ClN3O6S.C7H14N2O/c1-27-6-4-15-40(50-3,25-44-16-17-45-18-19-51-23-32(45)22-44)34-10-8-30(34)21-46-24-39(14-5-7-29-20-31(41)9-11-33(29)39)26-52-36-13-12-35(42-37(36)46)38(47)43-53(48,49)28(27)2;1-21-6-4-15-33(19-38,42-3)27-10-8-24(27)17-37-18-32(14-5-7-23-16-25(34)9-11-26(23)32)20-43-29-13-12-28(35-30(29)37)31(39)36-44(40,41)22(21)2;1-2-9-3-4-10-6-7(9)5-8-1/h4,9,11-13,15,20,27-28,30,32,34H,5-8,10,14,16-19,21-26H2,1-3H3,(H,43,47);4,9,11-13,15-16,19,21-22,24,27H,5-8,10,14,17-18,20H2,1-3H3,(H,36,39);7-8H,1-6H2/b2*15-4+;/t27-,28+,30-,32-,34+,39-,40+;21-,22+,24-,27+,32-,33+;7-/m000/s1.